The van der Waals surface area contributed by atoms with Crippen molar-refractivity contribution >= 4 is 10.2 Å². The molecule has 116 valence electrons. The third-order valence-corrected chi connectivity index (χ3v) is 4.24. The van der Waals surface area contributed by atoms with Gasteiger partial charge in [-0.2, -0.15) is 22.5 Å². The van der Waals surface area contributed by atoms with Gasteiger partial charge in [0.1, 0.15) is 6.33 Å². The van der Waals surface area contributed by atoms with Gasteiger partial charge >= 0.3 is 0 Å². The maximum absolute atomic E-state index is 12.0. The summed E-state index contributed by atoms with van der Waals surface area (Å²) in [4.78, 5) is 3.97. The largest absolute Gasteiger partial charge is 0.317 e. The molecule has 1 rings (SSSR count). The predicted octanol–water partition coefficient (Wildman–Crippen LogP) is -0.529. The van der Waals surface area contributed by atoms with E-state index in [1.54, 1.807) is 14.1 Å². The van der Waals surface area contributed by atoms with E-state index in [-0.39, 0.29) is 6.54 Å². The molecule has 0 aliphatic carbocycles. The molecular formula is C11H24N6O2S. The van der Waals surface area contributed by atoms with Crippen LogP contribution in [-0.2, 0) is 23.8 Å². The normalized spacial score (nSPS) is 12.2. The standard InChI is InChI=1S/C11H24N6O2S/c1-4-6-12-7-5-8-17(3)20(18,19)14-9-11-13-10-16(2)15-11/h10,12,14H,4-9H2,1-3H3. The Kier molecular flexibility index (Phi) is 7.06. The number of rotatable bonds is 10. The molecule has 0 fully saturated rings. The molecule has 1 aromatic heterocycles. The van der Waals surface area contributed by atoms with E-state index < -0.39 is 10.2 Å². The number of nitrogens with one attached hydrogen (secondary N) is 2. The summed E-state index contributed by atoms with van der Waals surface area (Å²) in [5.74, 6) is 0.453. The van der Waals surface area contributed by atoms with Gasteiger partial charge in [0.15, 0.2) is 5.82 Å². The maximum atomic E-state index is 12.0. The van der Waals surface area contributed by atoms with Crippen LogP contribution in [-0.4, -0.2) is 54.2 Å². The van der Waals surface area contributed by atoms with Crippen LogP contribution in [0.5, 0.6) is 0 Å². The van der Waals surface area contributed by atoms with Gasteiger partial charge in [0.2, 0.25) is 0 Å². The zero-order valence-electron chi connectivity index (χ0n) is 12.3. The zero-order chi connectivity index (χ0) is 15.0. The second-order valence-electron chi connectivity index (χ2n) is 4.59. The molecule has 0 radical (unpaired) electrons. The number of aryl methyl sites for hydroxylation is 1. The maximum Gasteiger partial charge on any atom is 0.279 e. The first-order chi connectivity index (χ1) is 9.45. The fourth-order valence-corrected chi connectivity index (χ4v) is 2.48. The Hall–Kier alpha value is -1.03. The SMILES string of the molecule is CCCNCCCN(C)S(=O)(=O)NCc1ncn(C)n1. The van der Waals surface area contributed by atoms with Gasteiger partial charge in [-0.25, -0.2) is 4.98 Å². The summed E-state index contributed by atoms with van der Waals surface area (Å²) >= 11 is 0. The first kappa shape index (κ1) is 17.0. The predicted molar refractivity (Wildman–Crippen MR) is 77.2 cm³/mol. The molecule has 0 saturated heterocycles. The fraction of sp³-hybridized carbons (Fsp3) is 0.818. The van der Waals surface area contributed by atoms with Crippen molar-refractivity contribution in [2.75, 3.05) is 26.7 Å². The Morgan fingerprint density at radius 2 is 2.15 bits per heavy atom. The lowest BCUT2D eigenvalue weighted by atomic mass is 10.4. The van der Waals surface area contributed by atoms with Crippen molar-refractivity contribution in [3.05, 3.63) is 12.2 Å². The van der Waals surface area contributed by atoms with Gasteiger partial charge in [0.25, 0.3) is 10.2 Å². The van der Waals surface area contributed by atoms with Crippen molar-refractivity contribution in [3.63, 3.8) is 0 Å². The number of hydrogen-bond donors (Lipinski definition) is 2. The highest BCUT2D eigenvalue weighted by molar-refractivity contribution is 7.87. The molecule has 0 bridgehead atoms. The van der Waals surface area contributed by atoms with Crippen LogP contribution < -0.4 is 10.0 Å². The van der Waals surface area contributed by atoms with Crippen LogP contribution in [0.4, 0.5) is 0 Å². The van der Waals surface area contributed by atoms with Crippen molar-refractivity contribution < 1.29 is 8.42 Å². The Labute approximate surface area is 120 Å². The minimum absolute atomic E-state index is 0.0988. The minimum atomic E-state index is -3.48. The van der Waals surface area contributed by atoms with Crippen molar-refractivity contribution in [2.24, 2.45) is 7.05 Å². The molecule has 0 amide bonds. The zero-order valence-corrected chi connectivity index (χ0v) is 13.2. The highest BCUT2D eigenvalue weighted by atomic mass is 32.2. The number of hydrogen-bond acceptors (Lipinski definition) is 5. The lowest BCUT2D eigenvalue weighted by molar-refractivity contribution is 0.443. The van der Waals surface area contributed by atoms with E-state index in [0.29, 0.717) is 12.4 Å². The van der Waals surface area contributed by atoms with Crippen LogP contribution in [0, 0.1) is 0 Å². The summed E-state index contributed by atoms with van der Waals surface area (Å²) in [5, 5.41) is 7.26. The quantitative estimate of drug-likeness (QED) is 0.567. The van der Waals surface area contributed by atoms with E-state index in [0.717, 1.165) is 25.9 Å². The molecule has 0 saturated carbocycles. The molecule has 0 aliphatic heterocycles. The van der Waals surface area contributed by atoms with Gasteiger partial charge < -0.3 is 5.32 Å². The summed E-state index contributed by atoms with van der Waals surface area (Å²) in [6, 6.07) is 0. The van der Waals surface area contributed by atoms with Crippen molar-refractivity contribution in [1.82, 2.24) is 29.1 Å². The molecule has 9 heteroatoms. The fourth-order valence-electron chi connectivity index (χ4n) is 1.58. The first-order valence-electron chi connectivity index (χ1n) is 6.72. The molecule has 0 aliphatic rings. The Balaban J connectivity index is 2.31. The second-order valence-corrected chi connectivity index (χ2v) is 6.45. The van der Waals surface area contributed by atoms with Crippen LogP contribution >= 0.6 is 0 Å². The average Bonchev–Trinajstić information content (AvgIpc) is 2.82. The number of aromatic nitrogens is 3. The molecule has 2 N–H and O–H groups in total. The second kappa shape index (κ2) is 8.30. The minimum Gasteiger partial charge on any atom is -0.317 e. The Morgan fingerprint density at radius 3 is 2.75 bits per heavy atom. The lowest BCUT2D eigenvalue weighted by Gasteiger charge is -2.17. The van der Waals surface area contributed by atoms with Gasteiger partial charge in [-0.3, -0.25) is 4.68 Å². The molecule has 0 atom stereocenters. The molecule has 0 spiro atoms. The summed E-state index contributed by atoms with van der Waals surface area (Å²) in [5.41, 5.74) is 0. The molecule has 20 heavy (non-hydrogen) atoms. The molecule has 0 unspecified atom stereocenters. The van der Waals surface area contributed by atoms with Crippen LogP contribution in [0.3, 0.4) is 0 Å². The molecule has 1 heterocycles. The highest BCUT2D eigenvalue weighted by Gasteiger charge is 2.17. The highest BCUT2D eigenvalue weighted by Crippen LogP contribution is 1.97. The molecular weight excluding hydrogens is 280 g/mol. The van der Waals surface area contributed by atoms with Gasteiger partial charge in [-0.05, 0) is 25.9 Å². The smallest absolute Gasteiger partial charge is 0.279 e. The topological polar surface area (TPSA) is 92.2 Å². The van der Waals surface area contributed by atoms with Gasteiger partial charge in [0, 0.05) is 20.6 Å². The summed E-state index contributed by atoms with van der Waals surface area (Å²) in [6.07, 6.45) is 3.39. The first-order valence-corrected chi connectivity index (χ1v) is 8.16. The molecule has 0 aromatic carbocycles. The van der Waals surface area contributed by atoms with Crippen LogP contribution in [0.25, 0.3) is 0 Å². The Bertz CT molecular complexity index is 487. The number of nitrogens with zero attached hydrogens (tertiary/aromatic N) is 4. The lowest BCUT2D eigenvalue weighted by Crippen LogP contribution is -2.39. The van der Waals surface area contributed by atoms with Crippen molar-refractivity contribution in [1.29, 1.82) is 0 Å². The van der Waals surface area contributed by atoms with Crippen molar-refractivity contribution in [3.8, 4) is 0 Å². The van der Waals surface area contributed by atoms with E-state index in [9.17, 15) is 8.42 Å². The van der Waals surface area contributed by atoms with Crippen LogP contribution in [0.15, 0.2) is 6.33 Å². The van der Waals surface area contributed by atoms with Gasteiger partial charge in [-0.1, -0.05) is 6.92 Å². The summed E-state index contributed by atoms with van der Waals surface area (Å²) in [6.45, 7) is 4.44. The van der Waals surface area contributed by atoms with Crippen LogP contribution in [0.2, 0.25) is 0 Å². The third-order valence-electron chi connectivity index (χ3n) is 2.72. The van der Waals surface area contributed by atoms with E-state index in [2.05, 4.69) is 27.0 Å². The van der Waals surface area contributed by atoms with E-state index in [1.165, 1.54) is 15.3 Å². The molecule has 1 aromatic rings. The van der Waals surface area contributed by atoms with Crippen molar-refractivity contribution in [2.45, 2.75) is 26.3 Å². The van der Waals surface area contributed by atoms with E-state index >= 15 is 0 Å². The van der Waals surface area contributed by atoms with Crippen LogP contribution in [0.1, 0.15) is 25.6 Å². The Morgan fingerprint density at radius 1 is 1.40 bits per heavy atom. The average molecular weight is 304 g/mol. The summed E-state index contributed by atoms with van der Waals surface area (Å²) < 4.78 is 29.2. The van der Waals surface area contributed by atoms with Gasteiger partial charge in [-0.15, -0.1) is 0 Å². The third kappa shape index (κ3) is 5.95. The molecule has 8 nitrogen and oxygen atoms in total. The monoisotopic (exact) mass is 304 g/mol. The van der Waals surface area contributed by atoms with Gasteiger partial charge in [0.05, 0.1) is 6.54 Å². The van der Waals surface area contributed by atoms with E-state index in [1.807, 2.05) is 0 Å². The summed E-state index contributed by atoms with van der Waals surface area (Å²) in [7, 11) is -0.176. The van der Waals surface area contributed by atoms with E-state index in [4.69, 9.17) is 0 Å².